The van der Waals surface area contributed by atoms with Crippen molar-refractivity contribution >= 4 is 26.6 Å². The van der Waals surface area contributed by atoms with Crippen LogP contribution in [0, 0.1) is 0 Å². The molecule has 0 aliphatic carbocycles. The topological polar surface area (TPSA) is 65.2 Å². The number of aromatic amines is 1. The zero-order chi connectivity index (χ0) is 22.6. The molecule has 0 aliphatic heterocycles. The third-order valence-corrected chi connectivity index (χ3v) is 7.28. The lowest BCUT2D eigenvalue weighted by atomic mass is 10.1. The fourth-order valence-corrected chi connectivity index (χ4v) is 5.00. The highest BCUT2D eigenvalue weighted by Crippen LogP contribution is 2.26. The van der Waals surface area contributed by atoms with Crippen molar-refractivity contribution in [3.63, 3.8) is 0 Å². The summed E-state index contributed by atoms with van der Waals surface area (Å²) in [5.74, 6) is 0. The Balaban J connectivity index is 1.50. The first-order valence-corrected chi connectivity index (χ1v) is 12.5. The van der Waals surface area contributed by atoms with Gasteiger partial charge in [-0.25, -0.2) is 8.42 Å². The van der Waals surface area contributed by atoms with E-state index in [1.807, 2.05) is 66.9 Å². The average molecular weight is 448 g/mol. The summed E-state index contributed by atoms with van der Waals surface area (Å²) >= 11 is 0. The van der Waals surface area contributed by atoms with E-state index in [-0.39, 0.29) is 4.90 Å². The number of benzene rings is 3. The normalized spacial score (nSPS) is 11.8. The molecule has 5 nitrogen and oxygen atoms in total. The minimum absolute atomic E-state index is 0.240. The number of fused-ring (bicyclic) bond motifs is 1. The number of H-pyrrole nitrogens is 1. The number of nitrogens with one attached hydrogen (secondary N) is 2. The number of nitrogens with zero attached hydrogens (tertiary/aromatic N) is 1. The minimum Gasteiger partial charge on any atom is -0.361 e. The molecule has 4 rings (SSSR count). The van der Waals surface area contributed by atoms with Crippen LogP contribution in [-0.2, 0) is 16.4 Å². The first-order valence-electron chi connectivity index (χ1n) is 11.0. The van der Waals surface area contributed by atoms with Crippen LogP contribution in [-0.4, -0.2) is 37.9 Å². The van der Waals surface area contributed by atoms with Crippen LogP contribution in [0.15, 0.2) is 83.9 Å². The van der Waals surface area contributed by atoms with Gasteiger partial charge in [-0.3, -0.25) is 4.72 Å². The maximum atomic E-state index is 12.9. The van der Waals surface area contributed by atoms with E-state index in [0.29, 0.717) is 5.69 Å². The summed E-state index contributed by atoms with van der Waals surface area (Å²) in [6.07, 6.45) is 2.98. The second kappa shape index (κ2) is 9.59. The molecule has 0 saturated heterocycles. The smallest absolute Gasteiger partial charge is 0.261 e. The highest BCUT2D eigenvalue weighted by Gasteiger charge is 2.15. The van der Waals surface area contributed by atoms with Gasteiger partial charge in [-0.2, -0.15) is 0 Å². The molecule has 0 radical (unpaired) electrons. The molecule has 0 saturated carbocycles. The van der Waals surface area contributed by atoms with Crippen molar-refractivity contribution in [3.8, 4) is 11.1 Å². The molecule has 0 unspecified atom stereocenters. The molecule has 0 bridgehead atoms. The number of anilines is 1. The quantitative estimate of drug-likeness (QED) is 0.355. The number of sulfonamides is 1. The Kier molecular flexibility index (Phi) is 6.63. The van der Waals surface area contributed by atoms with Crippen LogP contribution in [0.3, 0.4) is 0 Å². The Labute approximate surface area is 190 Å². The lowest BCUT2D eigenvalue weighted by molar-refractivity contribution is 0.308. The summed E-state index contributed by atoms with van der Waals surface area (Å²) in [5, 5.41) is 1.13. The second-order valence-electron chi connectivity index (χ2n) is 7.85. The molecule has 0 amide bonds. The van der Waals surface area contributed by atoms with E-state index in [2.05, 4.69) is 28.5 Å². The third kappa shape index (κ3) is 4.87. The number of likely N-dealkylation sites (N-methyl/N-ethyl adjacent to an activating group) is 1. The largest absolute Gasteiger partial charge is 0.361 e. The average Bonchev–Trinajstić information content (AvgIpc) is 3.22. The molecule has 3 aromatic carbocycles. The van der Waals surface area contributed by atoms with Crippen LogP contribution in [0.4, 0.5) is 5.69 Å². The van der Waals surface area contributed by atoms with Gasteiger partial charge in [-0.1, -0.05) is 62.4 Å². The van der Waals surface area contributed by atoms with E-state index in [0.717, 1.165) is 48.1 Å². The van der Waals surface area contributed by atoms with E-state index in [9.17, 15) is 8.42 Å². The van der Waals surface area contributed by atoms with Crippen LogP contribution in [0.5, 0.6) is 0 Å². The highest BCUT2D eigenvalue weighted by atomic mass is 32.2. The van der Waals surface area contributed by atoms with Crippen molar-refractivity contribution in [2.24, 2.45) is 0 Å². The van der Waals surface area contributed by atoms with Gasteiger partial charge >= 0.3 is 0 Å². The molecule has 32 heavy (non-hydrogen) atoms. The summed E-state index contributed by atoms with van der Waals surface area (Å²) in [5.41, 5.74) is 4.76. The fourth-order valence-electron chi connectivity index (χ4n) is 3.95. The molecular weight excluding hydrogens is 418 g/mol. The lowest BCUT2D eigenvalue weighted by Gasteiger charge is -2.17. The van der Waals surface area contributed by atoms with Gasteiger partial charge in [-0.05, 0) is 60.5 Å². The van der Waals surface area contributed by atoms with E-state index in [1.54, 1.807) is 12.1 Å². The van der Waals surface area contributed by atoms with Gasteiger partial charge in [0.1, 0.15) is 0 Å². The summed E-state index contributed by atoms with van der Waals surface area (Å²) in [6, 6.07) is 22.5. The van der Waals surface area contributed by atoms with Crippen LogP contribution < -0.4 is 4.72 Å². The van der Waals surface area contributed by atoms with Crippen molar-refractivity contribution in [1.29, 1.82) is 0 Å². The van der Waals surface area contributed by atoms with Crippen LogP contribution in [0.1, 0.15) is 19.4 Å². The van der Waals surface area contributed by atoms with Gasteiger partial charge < -0.3 is 9.88 Å². The summed E-state index contributed by atoms with van der Waals surface area (Å²) in [7, 11) is -3.67. The van der Waals surface area contributed by atoms with Gasteiger partial charge in [0.15, 0.2) is 0 Å². The lowest BCUT2D eigenvalue weighted by Crippen LogP contribution is -2.25. The predicted octanol–water partition coefficient (Wildman–Crippen LogP) is 5.52. The number of rotatable bonds is 9. The first kappa shape index (κ1) is 22.1. The minimum atomic E-state index is -3.67. The molecule has 1 aromatic heterocycles. The van der Waals surface area contributed by atoms with Gasteiger partial charge in [0, 0.05) is 23.6 Å². The maximum absolute atomic E-state index is 12.9. The fraction of sp³-hybridized carbons (Fsp3) is 0.231. The SMILES string of the molecule is CCN(CC)CCc1c[nH]c2cc(NS(=O)(=O)c3ccc(-c4ccccc4)cc3)ccc12. The molecule has 4 aromatic rings. The molecule has 0 atom stereocenters. The Morgan fingerprint density at radius 3 is 2.25 bits per heavy atom. The standard InChI is InChI=1S/C26H29N3O2S/c1-3-29(4-2)17-16-22-19-27-26-18-23(12-15-25(22)26)28-32(30,31)24-13-10-21(11-14-24)20-8-6-5-7-9-20/h5-15,18-19,27-28H,3-4,16-17H2,1-2H3. The maximum Gasteiger partial charge on any atom is 0.261 e. The summed E-state index contributed by atoms with van der Waals surface area (Å²) in [6.45, 7) is 7.43. The van der Waals surface area contributed by atoms with Crippen LogP contribution in [0.25, 0.3) is 22.0 Å². The Bertz CT molecular complexity index is 1280. The highest BCUT2D eigenvalue weighted by molar-refractivity contribution is 7.92. The number of hydrogen-bond acceptors (Lipinski definition) is 3. The third-order valence-electron chi connectivity index (χ3n) is 5.88. The Hall–Kier alpha value is -3.09. The molecule has 0 fully saturated rings. The van der Waals surface area contributed by atoms with Crippen molar-refractivity contribution in [2.75, 3.05) is 24.4 Å². The van der Waals surface area contributed by atoms with Crippen LogP contribution in [0.2, 0.25) is 0 Å². The monoisotopic (exact) mass is 447 g/mol. The van der Waals surface area contributed by atoms with Crippen molar-refractivity contribution < 1.29 is 8.42 Å². The van der Waals surface area contributed by atoms with Crippen molar-refractivity contribution in [2.45, 2.75) is 25.2 Å². The van der Waals surface area contributed by atoms with E-state index in [4.69, 9.17) is 0 Å². The van der Waals surface area contributed by atoms with E-state index >= 15 is 0 Å². The first-order chi connectivity index (χ1) is 15.5. The summed E-state index contributed by atoms with van der Waals surface area (Å²) in [4.78, 5) is 5.92. The molecule has 0 aliphatic rings. The van der Waals surface area contributed by atoms with Gasteiger partial charge in [-0.15, -0.1) is 0 Å². The molecule has 6 heteroatoms. The summed E-state index contributed by atoms with van der Waals surface area (Å²) < 4.78 is 28.5. The molecular formula is C26H29N3O2S. The Morgan fingerprint density at radius 1 is 0.875 bits per heavy atom. The van der Waals surface area contributed by atoms with Crippen LogP contribution >= 0.6 is 0 Å². The number of hydrogen-bond donors (Lipinski definition) is 2. The number of aromatic nitrogens is 1. The zero-order valence-corrected chi connectivity index (χ0v) is 19.3. The molecule has 2 N–H and O–H groups in total. The van der Waals surface area contributed by atoms with Gasteiger partial charge in [0.2, 0.25) is 0 Å². The van der Waals surface area contributed by atoms with Gasteiger partial charge in [0.25, 0.3) is 10.0 Å². The Morgan fingerprint density at radius 2 is 1.56 bits per heavy atom. The molecule has 1 heterocycles. The van der Waals surface area contributed by atoms with Crippen molar-refractivity contribution in [3.05, 3.63) is 84.6 Å². The van der Waals surface area contributed by atoms with E-state index < -0.39 is 10.0 Å². The van der Waals surface area contributed by atoms with Gasteiger partial charge in [0.05, 0.1) is 10.6 Å². The zero-order valence-electron chi connectivity index (χ0n) is 18.5. The second-order valence-corrected chi connectivity index (χ2v) is 9.53. The van der Waals surface area contributed by atoms with E-state index in [1.165, 1.54) is 5.56 Å². The predicted molar refractivity (Wildman–Crippen MR) is 132 cm³/mol. The molecule has 166 valence electrons. The van der Waals surface area contributed by atoms with Crippen molar-refractivity contribution in [1.82, 2.24) is 9.88 Å². The molecule has 0 spiro atoms.